The summed E-state index contributed by atoms with van der Waals surface area (Å²) in [5.74, 6) is -0.206. The number of aromatic nitrogens is 2. The van der Waals surface area contributed by atoms with Gasteiger partial charge in [-0.3, -0.25) is 9.69 Å². The third-order valence-electron chi connectivity index (χ3n) is 3.85. The first kappa shape index (κ1) is 13.0. The summed E-state index contributed by atoms with van der Waals surface area (Å²) in [5.41, 5.74) is -0.265. The van der Waals surface area contributed by atoms with Crippen molar-refractivity contribution >= 4 is 5.97 Å². The van der Waals surface area contributed by atoms with Gasteiger partial charge in [0.15, 0.2) is 6.33 Å². The molecular weight excluding hydrogens is 234 g/mol. The zero-order valence-electron chi connectivity index (χ0n) is 10.6. The highest BCUT2D eigenvalue weighted by molar-refractivity contribution is 5.68. The Morgan fingerprint density at radius 2 is 2.22 bits per heavy atom. The van der Waals surface area contributed by atoms with Gasteiger partial charge in [0.25, 0.3) is 0 Å². The Bertz CT molecular complexity index is 385. The van der Waals surface area contributed by atoms with Crippen molar-refractivity contribution < 1.29 is 14.4 Å². The lowest BCUT2D eigenvalue weighted by Crippen LogP contribution is -2.49. The number of nitrogens with zero attached hydrogens (tertiary/aromatic N) is 3. The van der Waals surface area contributed by atoms with Crippen molar-refractivity contribution in [1.82, 2.24) is 15.0 Å². The van der Waals surface area contributed by atoms with E-state index in [0.717, 1.165) is 25.7 Å². The van der Waals surface area contributed by atoms with E-state index in [1.165, 1.54) is 12.7 Å². The van der Waals surface area contributed by atoms with E-state index in [4.69, 9.17) is 9.63 Å². The van der Waals surface area contributed by atoms with Gasteiger partial charge < -0.3 is 9.63 Å². The first-order chi connectivity index (χ1) is 8.62. The van der Waals surface area contributed by atoms with Gasteiger partial charge in [-0.1, -0.05) is 24.4 Å². The second-order valence-corrected chi connectivity index (χ2v) is 5.05. The Morgan fingerprint density at radius 3 is 2.78 bits per heavy atom. The van der Waals surface area contributed by atoms with Crippen LogP contribution in [0, 0.1) is 0 Å². The summed E-state index contributed by atoms with van der Waals surface area (Å²) in [5, 5.41) is 12.7. The van der Waals surface area contributed by atoms with Crippen LogP contribution in [0.4, 0.5) is 0 Å². The molecule has 18 heavy (non-hydrogen) atoms. The number of carbonyl (C=O) groups is 1. The summed E-state index contributed by atoms with van der Waals surface area (Å²) < 4.78 is 4.99. The molecule has 0 aliphatic heterocycles. The van der Waals surface area contributed by atoms with Crippen LogP contribution < -0.4 is 0 Å². The molecule has 1 aliphatic carbocycles. The van der Waals surface area contributed by atoms with E-state index in [0.29, 0.717) is 12.4 Å². The van der Waals surface area contributed by atoms with Gasteiger partial charge in [0.1, 0.15) is 0 Å². The largest absolute Gasteiger partial charge is 0.481 e. The summed E-state index contributed by atoms with van der Waals surface area (Å²) in [6, 6.07) is 0. The molecule has 0 amide bonds. The van der Waals surface area contributed by atoms with E-state index in [1.807, 2.05) is 7.05 Å². The summed E-state index contributed by atoms with van der Waals surface area (Å²) in [6.07, 6.45) is 6.75. The Balaban J connectivity index is 2.09. The Kier molecular flexibility index (Phi) is 3.96. The summed E-state index contributed by atoms with van der Waals surface area (Å²) >= 11 is 0. The van der Waals surface area contributed by atoms with Crippen LogP contribution in [-0.2, 0) is 11.3 Å². The number of carboxylic acid groups (broad SMARTS) is 1. The minimum absolute atomic E-state index is 0.178. The van der Waals surface area contributed by atoms with Crippen LogP contribution in [0.1, 0.15) is 44.4 Å². The van der Waals surface area contributed by atoms with Crippen LogP contribution in [-0.4, -0.2) is 38.7 Å². The molecule has 0 saturated heterocycles. The van der Waals surface area contributed by atoms with E-state index in [1.54, 1.807) is 0 Å². The van der Waals surface area contributed by atoms with Crippen molar-refractivity contribution in [2.45, 2.75) is 50.6 Å². The number of carboxylic acids is 1. The highest BCUT2D eigenvalue weighted by atomic mass is 16.5. The number of hydrogen-bond acceptors (Lipinski definition) is 5. The smallest absolute Gasteiger partial charge is 0.305 e. The van der Waals surface area contributed by atoms with E-state index >= 15 is 0 Å². The molecule has 0 aromatic carbocycles. The van der Waals surface area contributed by atoms with E-state index in [2.05, 4.69) is 15.0 Å². The van der Waals surface area contributed by atoms with Crippen molar-refractivity contribution in [3.8, 4) is 0 Å². The molecule has 1 heterocycles. The van der Waals surface area contributed by atoms with Gasteiger partial charge in [-0.05, 0) is 19.9 Å². The fourth-order valence-electron chi connectivity index (χ4n) is 2.82. The Labute approximate surface area is 106 Å². The highest BCUT2D eigenvalue weighted by Gasteiger charge is 2.38. The fourth-order valence-corrected chi connectivity index (χ4v) is 2.82. The van der Waals surface area contributed by atoms with E-state index < -0.39 is 5.97 Å². The molecule has 1 aromatic heterocycles. The molecule has 6 nitrogen and oxygen atoms in total. The van der Waals surface area contributed by atoms with Gasteiger partial charge in [0.2, 0.25) is 5.89 Å². The second kappa shape index (κ2) is 5.48. The SMILES string of the molecule is CN(Cc1ncno1)C1(CC(=O)O)CCCCC1. The quantitative estimate of drug-likeness (QED) is 0.860. The first-order valence-electron chi connectivity index (χ1n) is 6.31. The maximum atomic E-state index is 11.1. The molecule has 0 unspecified atom stereocenters. The van der Waals surface area contributed by atoms with E-state index in [-0.39, 0.29) is 12.0 Å². The van der Waals surface area contributed by atoms with Gasteiger partial charge in [-0.2, -0.15) is 4.98 Å². The molecule has 0 spiro atoms. The highest BCUT2D eigenvalue weighted by Crippen LogP contribution is 2.36. The van der Waals surface area contributed by atoms with Crippen molar-refractivity contribution in [2.75, 3.05) is 7.05 Å². The Hall–Kier alpha value is -1.43. The molecule has 6 heteroatoms. The van der Waals surface area contributed by atoms with Gasteiger partial charge in [-0.15, -0.1) is 0 Å². The molecule has 1 aromatic rings. The first-order valence-corrected chi connectivity index (χ1v) is 6.31. The average molecular weight is 253 g/mol. The lowest BCUT2D eigenvalue weighted by atomic mass is 9.78. The van der Waals surface area contributed by atoms with Crippen LogP contribution in [0.15, 0.2) is 10.9 Å². The lowest BCUT2D eigenvalue weighted by molar-refractivity contribution is -0.141. The molecule has 100 valence electrons. The molecule has 2 rings (SSSR count). The zero-order valence-corrected chi connectivity index (χ0v) is 10.6. The van der Waals surface area contributed by atoms with Gasteiger partial charge in [-0.25, -0.2) is 0 Å². The van der Waals surface area contributed by atoms with Crippen molar-refractivity contribution in [3.63, 3.8) is 0 Å². The maximum Gasteiger partial charge on any atom is 0.305 e. The zero-order chi connectivity index (χ0) is 13.0. The molecule has 0 atom stereocenters. The predicted molar refractivity (Wildman–Crippen MR) is 63.8 cm³/mol. The van der Waals surface area contributed by atoms with Crippen LogP contribution in [0.5, 0.6) is 0 Å². The third-order valence-corrected chi connectivity index (χ3v) is 3.85. The molecule has 1 aliphatic rings. The van der Waals surface area contributed by atoms with E-state index in [9.17, 15) is 4.79 Å². The predicted octanol–water partition coefficient (Wildman–Crippen LogP) is 1.68. The Morgan fingerprint density at radius 1 is 1.50 bits per heavy atom. The molecule has 0 radical (unpaired) electrons. The second-order valence-electron chi connectivity index (χ2n) is 5.05. The number of rotatable bonds is 5. The van der Waals surface area contributed by atoms with Crippen LogP contribution >= 0.6 is 0 Å². The molecular formula is C12H19N3O3. The van der Waals surface area contributed by atoms with Gasteiger partial charge in [0.05, 0.1) is 13.0 Å². The van der Waals surface area contributed by atoms with Crippen molar-refractivity contribution in [2.24, 2.45) is 0 Å². The third kappa shape index (κ3) is 2.87. The number of hydrogen-bond donors (Lipinski definition) is 1. The standard InChI is InChI=1S/C12H19N3O3/c1-15(8-10-13-9-14-18-10)12(7-11(16)17)5-3-2-4-6-12/h9H,2-8H2,1H3,(H,16,17). The van der Waals surface area contributed by atoms with Gasteiger partial charge >= 0.3 is 5.97 Å². The van der Waals surface area contributed by atoms with Crippen LogP contribution in [0.25, 0.3) is 0 Å². The van der Waals surface area contributed by atoms with Gasteiger partial charge in [0, 0.05) is 5.54 Å². The molecule has 1 fully saturated rings. The summed E-state index contributed by atoms with van der Waals surface area (Å²) in [4.78, 5) is 17.2. The normalized spacial score (nSPS) is 19.0. The average Bonchev–Trinajstić information content (AvgIpc) is 2.82. The molecule has 1 saturated carbocycles. The fraction of sp³-hybridized carbons (Fsp3) is 0.750. The minimum atomic E-state index is -0.741. The van der Waals surface area contributed by atoms with Crippen LogP contribution in [0.3, 0.4) is 0 Å². The molecule has 1 N–H and O–H groups in total. The summed E-state index contributed by atoms with van der Waals surface area (Å²) in [7, 11) is 1.94. The monoisotopic (exact) mass is 253 g/mol. The number of aliphatic carboxylic acids is 1. The summed E-state index contributed by atoms with van der Waals surface area (Å²) in [6.45, 7) is 0.507. The lowest BCUT2D eigenvalue weighted by Gasteiger charge is -2.43. The van der Waals surface area contributed by atoms with Crippen molar-refractivity contribution in [1.29, 1.82) is 0 Å². The maximum absolute atomic E-state index is 11.1. The van der Waals surface area contributed by atoms with Crippen molar-refractivity contribution in [3.05, 3.63) is 12.2 Å². The minimum Gasteiger partial charge on any atom is -0.481 e. The van der Waals surface area contributed by atoms with Crippen LogP contribution in [0.2, 0.25) is 0 Å². The topological polar surface area (TPSA) is 79.5 Å². The molecule has 0 bridgehead atoms.